The monoisotopic (exact) mass is 336 g/mol. The lowest BCUT2D eigenvalue weighted by Crippen LogP contribution is -2.16. The summed E-state index contributed by atoms with van der Waals surface area (Å²) in [6.07, 6.45) is 0.0819. The Balaban J connectivity index is 1.60. The van der Waals surface area contributed by atoms with Crippen LogP contribution in [0.2, 0.25) is 5.02 Å². The fourth-order valence-electron chi connectivity index (χ4n) is 2.23. The van der Waals surface area contributed by atoms with E-state index in [1.165, 1.54) is 12.1 Å². The molecule has 3 rings (SSSR count). The van der Waals surface area contributed by atoms with Crippen LogP contribution >= 0.6 is 11.6 Å². The Morgan fingerprint density at radius 3 is 2.65 bits per heavy atom. The van der Waals surface area contributed by atoms with Crippen molar-refractivity contribution in [3.8, 4) is 11.5 Å². The van der Waals surface area contributed by atoms with E-state index in [1.54, 1.807) is 24.3 Å². The molecule has 1 heterocycles. The summed E-state index contributed by atoms with van der Waals surface area (Å²) in [4.78, 5) is 11.8. The van der Waals surface area contributed by atoms with Gasteiger partial charge in [0.2, 0.25) is 0 Å². The third-order valence-electron chi connectivity index (χ3n) is 3.32. The molecule has 0 atom stereocenters. The van der Waals surface area contributed by atoms with Crippen LogP contribution in [0.5, 0.6) is 11.5 Å². The first-order valence-corrected chi connectivity index (χ1v) is 7.48. The number of benzene rings is 2. The predicted octanol–water partition coefficient (Wildman–Crippen LogP) is 3.54. The molecule has 0 saturated heterocycles. The van der Waals surface area contributed by atoms with Gasteiger partial charge in [0, 0.05) is 0 Å². The van der Waals surface area contributed by atoms with Crippen molar-refractivity contribution in [1.82, 2.24) is 0 Å². The van der Waals surface area contributed by atoms with Crippen molar-refractivity contribution in [3.05, 3.63) is 58.4 Å². The lowest BCUT2D eigenvalue weighted by atomic mass is 10.1. The minimum atomic E-state index is -0.400. The summed E-state index contributed by atoms with van der Waals surface area (Å²) < 4.78 is 28.9. The van der Waals surface area contributed by atoms with Gasteiger partial charge in [0.05, 0.1) is 11.4 Å². The molecule has 4 nitrogen and oxygen atoms in total. The van der Waals surface area contributed by atoms with Gasteiger partial charge in [0.25, 0.3) is 0 Å². The van der Waals surface area contributed by atoms with E-state index in [9.17, 15) is 9.18 Å². The molecule has 0 N–H and O–H groups in total. The van der Waals surface area contributed by atoms with E-state index in [0.29, 0.717) is 40.9 Å². The third-order valence-corrected chi connectivity index (χ3v) is 3.60. The Kier molecular flexibility index (Phi) is 4.67. The molecule has 0 spiro atoms. The normalized spacial score (nSPS) is 12.8. The summed E-state index contributed by atoms with van der Waals surface area (Å²) in [5.41, 5.74) is 1.41. The maximum atomic E-state index is 12.8. The molecule has 1 aliphatic heterocycles. The molecule has 0 aromatic heterocycles. The molecule has 0 amide bonds. The molecule has 0 aliphatic carbocycles. The molecule has 0 fully saturated rings. The smallest absolute Gasteiger partial charge is 0.310 e. The predicted molar refractivity (Wildman–Crippen MR) is 82.3 cm³/mol. The van der Waals surface area contributed by atoms with Gasteiger partial charge in [-0.15, -0.1) is 0 Å². The third kappa shape index (κ3) is 3.93. The molecule has 0 radical (unpaired) electrons. The summed E-state index contributed by atoms with van der Waals surface area (Å²) >= 11 is 6.13. The molecule has 120 valence electrons. The molecular formula is C17H14ClFO4. The van der Waals surface area contributed by atoms with E-state index in [2.05, 4.69) is 0 Å². The van der Waals surface area contributed by atoms with Crippen molar-refractivity contribution in [3.63, 3.8) is 0 Å². The van der Waals surface area contributed by atoms with E-state index < -0.39 is 5.97 Å². The van der Waals surface area contributed by atoms with Crippen molar-refractivity contribution < 1.29 is 23.4 Å². The molecule has 0 saturated carbocycles. The van der Waals surface area contributed by atoms with Crippen LogP contribution in [-0.4, -0.2) is 19.2 Å². The van der Waals surface area contributed by atoms with E-state index in [-0.39, 0.29) is 18.8 Å². The Morgan fingerprint density at radius 2 is 1.87 bits per heavy atom. The molecule has 2 aromatic rings. The van der Waals surface area contributed by atoms with Gasteiger partial charge in [-0.2, -0.15) is 0 Å². The maximum Gasteiger partial charge on any atom is 0.310 e. The standard InChI is InChI=1S/C17H14ClFO4/c18-14-7-12(8-15-17(14)22-6-5-21-15)10-23-16(20)9-11-1-3-13(19)4-2-11/h1-4,7-8H,5-6,9-10H2. The average Bonchev–Trinajstić information content (AvgIpc) is 2.55. The van der Waals surface area contributed by atoms with Gasteiger partial charge < -0.3 is 14.2 Å². The minimum Gasteiger partial charge on any atom is -0.486 e. The summed E-state index contributed by atoms with van der Waals surface area (Å²) in [6.45, 7) is 0.992. The zero-order valence-electron chi connectivity index (χ0n) is 12.2. The SMILES string of the molecule is O=C(Cc1ccc(F)cc1)OCc1cc(Cl)c2c(c1)OCCO2. The first kappa shape index (κ1) is 15.6. The first-order valence-electron chi connectivity index (χ1n) is 7.10. The highest BCUT2D eigenvalue weighted by atomic mass is 35.5. The quantitative estimate of drug-likeness (QED) is 0.801. The highest BCUT2D eigenvalue weighted by Gasteiger charge is 2.17. The first-order chi connectivity index (χ1) is 11.1. The van der Waals surface area contributed by atoms with Gasteiger partial charge in [-0.25, -0.2) is 4.39 Å². The van der Waals surface area contributed by atoms with Crippen LogP contribution in [0.25, 0.3) is 0 Å². The van der Waals surface area contributed by atoms with Gasteiger partial charge in [0.1, 0.15) is 25.6 Å². The van der Waals surface area contributed by atoms with Crippen molar-refractivity contribution in [2.75, 3.05) is 13.2 Å². The van der Waals surface area contributed by atoms with Crippen molar-refractivity contribution >= 4 is 17.6 Å². The van der Waals surface area contributed by atoms with Crippen LogP contribution in [0.1, 0.15) is 11.1 Å². The fourth-order valence-corrected chi connectivity index (χ4v) is 2.52. The second-order valence-electron chi connectivity index (χ2n) is 5.07. The fraction of sp³-hybridized carbons (Fsp3) is 0.235. The summed E-state index contributed by atoms with van der Waals surface area (Å²) in [6, 6.07) is 9.15. The lowest BCUT2D eigenvalue weighted by molar-refractivity contribution is -0.144. The highest BCUT2D eigenvalue weighted by Crippen LogP contribution is 2.38. The number of carbonyl (C=O) groups is 1. The van der Waals surface area contributed by atoms with Gasteiger partial charge in [-0.05, 0) is 35.4 Å². The number of ether oxygens (including phenoxy) is 3. The van der Waals surface area contributed by atoms with Crippen LogP contribution in [0.3, 0.4) is 0 Å². The molecule has 0 bridgehead atoms. The van der Waals surface area contributed by atoms with Crippen LogP contribution in [0.4, 0.5) is 4.39 Å². The van der Waals surface area contributed by atoms with Crippen LogP contribution in [0, 0.1) is 5.82 Å². The topological polar surface area (TPSA) is 44.8 Å². The average molecular weight is 337 g/mol. The molecule has 1 aliphatic rings. The molecule has 0 unspecified atom stereocenters. The lowest BCUT2D eigenvalue weighted by Gasteiger charge is -2.20. The molecule has 6 heteroatoms. The van der Waals surface area contributed by atoms with E-state index in [0.717, 1.165) is 0 Å². The number of esters is 1. The van der Waals surface area contributed by atoms with E-state index >= 15 is 0 Å². The van der Waals surface area contributed by atoms with Gasteiger partial charge >= 0.3 is 5.97 Å². The Bertz CT molecular complexity index is 715. The number of hydrogen-bond donors (Lipinski definition) is 0. The number of carbonyl (C=O) groups excluding carboxylic acids is 1. The van der Waals surface area contributed by atoms with E-state index in [4.69, 9.17) is 25.8 Å². The van der Waals surface area contributed by atoms with Gasteiger partial charge in [-0.3, -0.25) is 4.79 Å². The Morgan fingerprint density at radius 1 is 1.13 bits per heavy atom. The summed E-state index contributed by atoms with van der Waals surface area (Å²) in [5.74, 6) is 0.322. The van der Waals surface area contributed by atoms with Crippen LogP contribution in [-0.2, 0) is 22.6 Å². The highest BCUT2D eigenvalue weighted by molar-refractivity contribution is 6.32. The zero-order valence-corrected chi connectivity index (χ0v) is 12.9. The zero-order chi connectivity index (χ0) is 16.2. The molecular weight excluding hydrogens is 323 g/mol. The van der Waals surface area contributed by atoms with Crippen molar-refractivity contribution in [2.24, 2.45) is 0 Å². The molecule has 23 heavy (non-hydrogen) atoms. The summed E-state index contributed by atoms with van der Waals surface area (Å²) in [7, 11) is 0. The van der Waals surface area contributed by atoms with E-state index in [1.807, 2.05) is 0 Å². The number of halogens is 2. The molecule has 2 aromatic carbocycles. The van der Waals surface area contributed by atoms with Crippen molar-refractivity contribution in [2.45, 2.75) is 13.0 Å². The second kappa shape index (κ2) is 6.87. The van der Waals surface area contributed by atoms with Crippen molar-refractivity contribution in [1.29, 1.82) is 0 Å². The number of hydrogen-bond acceptors (Lipinski definition) is 4. The minimum absolute atomic E-state index is 0.0798. The van der Waals surface area contributed by atoms with Gasteiger partial charge in [0.15, 0.2) is 11.5 Å². The van der Waals surface area contributed by atoms with Crippen LogP contribution in [0.15, 0.2) is 36.4 Å². The Hall–Kier alpha value is -2.27. The second-order valence-corrected chi connectivity index (χ2v) is 5.47. The van der Waals surface area contributed by atoms with Gasteiger partial charge in [-0.1, -0.05) is 23.7 Å². The largest absolute Gasteiger partial charge is 0.486 e. The van der Waals surface area contributed by atoms with Crippen LogP contribution < -0.4 is 9.47 Å². The number of fused-ring (bicyclic) bond motifs is 1. The summed E-state index contributed by atoms with van der Waals surface area (Å²) in [5, 5.41) is 0.423. The maximum absolute atomic E-state index is 12.8. The number of rotatable bonds is 4. The Labute approximate surface area is 137 Å².